The van der Waals surface area contributed by atoms with Crippen LogP contribution in [0.1, 0.15) is 114 Å². The first-order chi connectivity index (χ1) is 24.9. The number of amides is 5. The lowest BCUT2D eigenvalue weighted by atomic mass is 10.0. The van der Waals surface area contributed by atoms with Gasteiger partial charge in [0.25, 0.3) is 5.91 Å². The van der Waals surface area contributed by atoms with E-state index in [9.17, 15) is 32.4 Å². The Morgan fingerprint density at radius 3 is 2.37 bits per heavy atom. The maximum atomic E-state index is 14.4. The summed E-state index contributed by atoms with van der Waals surface area (Å²) < 4.78 is 33.8. The maximum Gasteiger partial charge on any atom is 0.410 e. The average Bonchev–Trinajstić information content (AvgIpc) is 3.89. The Bertz CT molecular complexity index is 1700. The number of carbonyl (C=O) groups is 5. The Morgan fingerprint density at radius 1 is 0.923 bits per heavy atom. The van der Waals surface area contributed by atoms with Crippen LogP contribution in [0.4, 0.5) is 4.79 Å². The Kier molecular flexibility index (Phi) is 10.8. The number of hydrogen-bond acceptors (Lipinski definition) is 8. The van der Waals surface area contributed by atoms with Crippen LogP contribution in [0.15, 0.2) is 18.2 Å². The molecule has 5 amide bonds. The van der Waals surface area contributed by atoms with Crippen LogP contribution in [-0.2, 0) is 47.0 Å². The number of hydrogen-bond donors (Lipinski definition) is 3. The van der Waals surface area contributed by atoms with Crippen molar-refractivity contribution in [2.24, 2.45) is 11.8 Å². The molecule has 1 aromatic carbocycles. The molecular formula is C37H50ClN5O8S. The SMILES string of the molecule is O=C(CC1CCCC1)N[C@H]1CCCCCCC[C@@H]2C[C@@]2(C(=O)NS(=O)(=O)C2CC2)NC(=O)[C@@H]2C[C@@H](OC(=O)N3Cc4ccc(Cl)cc4C3)CN2C1=O. The zero-order chi connectivity index (χ0) is 36.6. The predicted octanol–water partition coefficient (Wildman–Crippen LogP) is 4.05. The van der Waals surface area contributed by atoms with Gasteiger partial charge in [0.05, 0.1) is 11.8 Å². The van der Waals surface area contributed by atoms with Crippen molar-refractivity contribution in [1.29, 1.82) is 0 Å². The van der Waals surface area contributed by atoms with Crippen molar-refractivity contribution < 1.29 is 37.1 Å². The first-order valence-electron chi connectivity index (χ1n) is 19.1. The number of halogens is 1. The molecule has 3 saturated carbocycles. The van der Waals surface area contributed by atoms with Crippen molar-refractivity contribution in [3.63, 3.8) is 0 Å². The van der Waals surface area contributed by atoms with Gasteiger partial charge in [0.2, 0.25) is 27.7 Å². The number of sulfonamides is 1. The van der Waals surface area contributed by atoms with E-state index >= 15 is 0 Å². The predicted molar refractivity (Wildman–Crippen MR) is 191 cm³/mol. The lowest BCUT2D eigenvalue weighted by molar-refractivity contribution is -0.142. The second kappa shape index (κ2) is 15.2. The van der Waals surface area contributed by atoms with Crippen molar-refractivity contribution >= 4 is 51.3 Å². The van der Waals surface area contributed by atoms with Crippen molar-refractivity contribution in [2.75, 3.05) is 6.54 Å². The van der Waals surface area contributed by atoms with E-state index in [-0.39, 0.29) is 30.7 Å². The summed E-state index contributed by atoms with van der Waals surface area (Å²) in [6.07, 6.45) is 9.57. The smallest absolute Gasteiger partial charge is 0.410 e. The highest BCUT2D eigenvalue weighted by Gasteiger charge is 2.62. The minimum atomic E-state index is -3.86. The molecule has 3 heterocycles. The van der Waals surface area contributed by atoms with E-state index in [2.05, 4.69) is 15.4 Å². The standard InChI is InChI=1S/C37H50ClN5O8S/c38-27-13-12-24-20-42(21-25(24)17-27)36(48)51-28-18-31-33(45)40-37(35(47)41-52(49,50)29-14-15-29)19-26(37)10-4-2-1-3-5-11-30(34(46)43(31)22-28)39-32(44)16-23-8-6-7-9-23/h12-13,17,23,26,28-31H,1-11,14-16,18-22H2,(H,39,44)(H,40,45)(H,41,47)/t26-,28-,30+,31+,37-/m1/s1. The van der Waals surface area contributed by atoms with Crippen molar-refractivity contribution in [1.82, 2.24) is 25.2 Å². The van der Waals surface area contributed by atoms with Gasteiger partial charge in [-0.3, -0.25) is 28.8 Å². The third-order valence-electron chi connectivity index (χ3n) is 11.9. The lowest BCUT2D eigenvalue weighted by Gasteiger charge is -2.30. The van der Waals surface area contributed by atoms with Gasteiger partial charge < -0.3 is 20.3 Å². The fourth-order valence-corrected chi connectivity index (χ4v) is 10.3. The van der Waals surface area contributed by atoms with Crippen LogP contribution in [0.2, 0.25) is 5.02 Å². The van der Waals surface area contributed by atoms with Crippen LogP contribution in [0, 0.1) is 11.8 Å². The zero-order valence-electron chi connectivity index (χ0n) is 29.6. The molecule has 3 N–H and O–H groups in total. The van der Waals surface area contributed by atoms with Gasteiger partial charge in [-0.15, -0.1) is 0 Å². The van der Waals surface area contributed by atoms with E-state index in [0.29, 0.717) is 63.1 Å². The normalized spacial score (nSPS) is 29.9. The lowest BCUT2D eigenvalue weighted by Crippen LogP contribution is -2.58. The molecule has 6 aliphatic rings. The number of carbonyl (C=O) groups excluding carboxylic acids is 5. The molecule has 3 aliphatic carbocycles. The molecule has 0 unspecified atom stereocenters. The maximum absolute atomic E-state index is 14.4. The largest absolute Gasteiger partial charge is 0.444 e. The Hall–Kier alpha value is -3.39. The topological polar surface area (TPSA) is 171 Å². The van der Waals surface area contributed by atoms with Crippen LogP contribution in [0.3, 0.4) is 0 Å². The zero-order valence-corrected chi connectivity index (χ0v) is 31.2. The van der Waals surface area contributed by atoms with Crippen LogP contribution >= 0.6 is 11.6 Å². The molecule has 0 spiro atoms. The fraction of sp³-hybridized carbons (Fsp3) is 0.703. The summed E-state index contributed by atoms with van der Waals surface area (Å²) >= 11 is 6.17. The minimum Gasteiger partial charge on any atom is -0.444 e. The summed E-state index contributed by atoms with van der Waals surface area (Å²) in [5.74, 6) is -1.93. The average molecular weight is 760 g/mol. The van der Waals surface area contributed by atoms with Crippen LogP contribution < -0.4 is 15.4 Å². The second-order valence-electron chi connectivity index (χ2n) is 15.9. The molecule has 5 atom stereocenters. The van der Waals surface area contributed by atoms with E-state index in [1.165, 1.54) is 4.90 Å². The van der Waals surface area contributed by atoms with Gasteiger partial charge in [-0.25, -0.2) is 13.2 Å². The van der Waals surface area contributed by atoms with Gasteiger partial charge in [0.15, 0.2) is 0 Å². The van der Waals surface area contributed by atoms with Gasteiger partial charge in [0, 0.05) is 31.0 Å². The minimum absolute atomic E-state index is 0.0125. The molecule has 52 heavy (non-hydrogen) atoms. The van der Waals surface area contributed by atoms with Crippen molar-refractivity contribution in [3.8, 4) is 0 Å². The Morgan fingerprint density at radius 2 is 1.62 bits per heavy atom. The first kappa shape index (κ1) is 36.9. The molecule has 2 saturated heterocycles. The summed E-state index contributed by atoms with van der Waals surface area (Å²) in [6.45, 7) is 0.581. The molecule has 3 aliphatic heterocycles. The highest BCUT2D eigenvalue weighted by atomic mass is 35.5. The highest BCUT2D eigenvalue weighted by molar-refractivity contribution is 7.91. The molecule has 284 valence electrons. The monoisotopic (exact) mass is 759 g/mol. The summed E-state index contributed by atoms with van der Waals surface area (Å²) in [4.78, 5) is 72.0. The number of nitrogens with one attached hydrogen (secondary N) is 3. The molecule has 13 nitrogen and oxygen atoms in total. The summed E-state index contributed by atoms with van der Waals surface area (Å²) in [7, 11) is -3.86. The number of fused-ring (bicyclic) bond motifs is 3. The Labute approximate surface area is 310 Å². The Balaban J connectivity index is 1.11. The fourth-order valence-electron chi connectivity index (χ4n) is 8.69. The van der Waals surface area contributed by atoms with Crippen molar-refractivity contribution in [2.45, 2.75) is 145 Å². The van der Waals surface area contributed by atoms with Crippen LogP contribution in [0.25, 0.3) is 0 Å². The molecule has 5 fully saturated rings. The van der Waals surface area contributed by atoms with Crippen molar-refractivity contribution in [3.05, 3.63) is 34.3 Å². The van der Waals surface area contributed by atoms with E-state index in [4.69, 9.17) is 16.3 Å². The molecule has 7 rings (SSSR count). The number of ether oxygens (including phenoxy) is 1. The van der Waals surface area contributed by atoms with E-state index in [0.717, 1.165) is 62.5 Å². The van der Waals surface area contributed by atoms with Gasteiger partial charge in [-0.05, 0) is 80.0 Å². The van der Waals surface area contributed by atoms with Gasteiger partial charge >= 0.3 is 6.09 Å². The molecule has 0 aromatic heterocycles. The highest BCUT2D eigenvalue weighted by Crippen LogP contribution is 2.48. The molecule has 1 aromatic rings. The van der Waals surface area contributed by atoms with E-state index < -0.39 is 62.8 Å². The first-order valence-corrected chi connectivity index (χ1v) is 21.0. The van der Waals surface area contributed by atoms with E-state index in [1.54, 1.807) is 11.0 Å². The van der Waals surface area contributed by atoms with Gasteiger partial charge in [-0.1, -0.05) is 62.6 Å². The third-order valence-corrected chi connectivity index (χ3v) is 14.0. The van der Waals surface area contributed by atoms with Gasteiger partial charge in [-0.2, -0.15) is 0 Å². The van der Waals surface area contributed by atoms with Crippen LogP contribution in [0.5, 0.6) is 0 Å². The quantitative estimate of drug-likeness (QED) is 0.374. The summed E-state index contributed by atoms with van der Waals surface area (Å²) in [5.41, 5.74) is 0.457. The van der Waals surface area contributed by atoms with Crippen LogP contribution in [-0.4, -0.2) is 83.5 Å². The number of nitrogens with zero attached hydrogens (tertiary/aromatic N) is 2. The molecule has 15 heteroatoms. The number of rotatable bonds is 7. The third kappa shape index (κ3) is 8.22. The molecule has 0 radical (unpaired) electrons. The van der Waals surface area contributed by atoms with Gasteiger partial charge in [0.1, 0.15) is 23.7 Å². The second-order valence-corrected chi connectivity index (χ2v) is 18.3. The summed E-state index contributed by atoms with van der Waals surface area (Å²) in [6, 6.07) is 3.48. The molecule has 0 bridgehead atoms. The molecular weight excluding hydrogens is 710 g/mol. The van der Waals surface area contributed by atoms with E-state index in [1.807, 2.05) is 12.1 Å². The summed E-state index contributed by atoms with van der Waals surface area (Å²) in [5, 5.41) is 5.86. The number of benzene rings is 1.